The standard InChI is InChI=1S/C20H26F2N6O2/c1-28(2)14-5-8-17(12(9-14)10-23)26-11-16(19(25)29)18(24)27-13-3-6-15(7-4-13)30-20(21)22/h3-4,6-7,11-12,14,17,20,26H,5,8-9H2,1-2H3,(H2,24,27)(H2,25,29)/p+1/b16-11+/t12-,14+,17+/m1/s1. The van der Waals surface area contributed by atoms with Crippen LogP contribution in [-0.2, 0) is 4.79 Å². The summed E-state index contributed by atoms with van der Waals surface area (Å²) in [4.78, 5) is 18.1. The number of aliphatic imine (C=N–C) groups is 1. The number of nitrogens with two attached hydrogens (primary N) is 3. The van der Waals surface area contributed by atoms with Gasteiger partial charge in [-0.25, -0.2) is 4.99 Å². The number of hydrogen-bond donors (Lipinski definition) is 3. The summed E-state index contributed by atoms with van der Waals surface area (Å²) in [5.41, 5.74) is 11.8. The minimum Gasteiger partial charge on any atom is -0.435 e. The fourth-order valence-electron chi connectivity index (χ4n) is 3.43. The quantitative estimate of drug-likeness (QED) is 0.325. The van der Waals surface area contributed by atoms with E-state index in [9.17, 15) is 18.8 Å². The number of ether oxygens (including phenoxy) is 1. The van der Waals surface area contributed by atoms with Gasteiger partial charge in [-0.05, 0) is 51.2 Å². The highest BCUT2D eigenvalue weighted by Gasteiger charge is 2.33. The number of primary amides is 1. The van der Waals surface area contributed by atoms with Gasteiger partial charge in [0, 0.05) is 12.5 Å². The number of carbonyl (C=O) groups excluding carboxylic acids is 1. The Morgan fingerprint density at radius 3 is 2.53 bits per heavy atom. The molecular formula is C20H27F2N6O2+. The first kappa shape index (κ1) is 23.3. The van der Waals surface area contributed by atoms with E-state index in [1.807, 2.05) is 14.1 Å². The summed E-state index contributed by atoms with van der Waals surface area (Å²) >= 11 is 0. The molecule has 0 aromatic heterocycles. The van der Waals surface area contributed by atoms with Crippen molar-refractivity contribution in [2.45, 2.75) is 38.0 Å². The third-order valence-corrected chi connectivity index (χ3v) is 5.14. The minimum absolute atomic E-state index is 0.0147. The number of nitriles is 1. The molecule has 0 aliphatic heterocycles. The smallest absolute Gasteiger partial charge is 0.387 e. The molecule has 1 amide bonds. The Morgan fingerprint density at radius 1 is 1.33 bits per heavy atom. The van der Waals surface area contributed by atoms with Gasteiger partial charge in [0.2, 0.25) is 0 Å². The van der Waals surface area contributed by atoms with Crippen LogP contribution in [0.5, 0.6) is 5.75 Å². The average molecular weight is 421 g/mol. The van der Waals surface area contributed by atoms with Crippen molar-refractivity contribution >= 4 is 17.4 Å². The van der Waals surface area contributed by atoms with Crippen molar-refractivity contribution < 1.29 is 23.6 Å². The molecule has 0 saturated heterocycles. The van der Waals surface area contributed by atoms with Gasteiger partial charge in [-0.2, -0.15) is 14.0 Å². The van der Waals surface area contributed by atoms with E-state index in [0.29, 0.717) is 11.7 Å². The molecule has 0 spiro atoms. The third-order valence-electron chi connectivity index (χ3n) is 5.14. The number of amides is 1. The third kappa shape index (κ3) is 6.50. The van der Waals surface area contributed by atoms with Crippen LogP contribution in [-0.4, -0.2) is 49.4 Å². The average Bonchev–Trinajstić information content (AvgIpc) is 2.68. The second kappa shape index (κ2) is 10.7. The summed E-state index contributed by atoms with van der Waals surface area (Å²) in [5, 5.41) is 11.3. The van der Waals surface area contributed by atoms with Crippen molar-refractivity contribution in [2.75, 3.05) is 14.1 Å². The van der Waals surface area contributed by atoms with E-state index in [-0.39, 0.29) is 29.1 Å². The molecule has 162 valence electrons. The Morgan fingerprint density at radius 2 is 2.00 bits per heavy atom. The largest absolute Gasteiger partial charge is 0.435 e. The lowest BCUT2D eigenvalue weighted by molar-refractivity contribution is -0.635. The molecule has 1 fully saturated rings. The first-order valence-electron chi connectivity index (χ1n) is 9.51. The Hall–Kier alpha value is -3.03. The first-order chi connectivity index (χ1) is 14.2. The molecule has 0 unspecified atom stereocenters. The van der Waals surface area contributed by atoms with E-state index in [2.05, 4.69) is 20.7 Å². The number of rotatable bonds is 8. The maximum atomic E-state index is 12.2. The molecule has 1 aromatic rings. The maximum Gasteiger partial charge on any atom is 0.387 e. The molecule has 2 rings (SSSR count). The zero-order valence-electron chi connectivity index (χ0n) is 17.0. The van der Waals surface area contributed by atoms with Gasteiger partial charge in [0.25, 0.3) is 5.91 Å². The van der Waals surface area contributed by atoms with Crippen LogP contribution < -0.4 is 21.5 Å². The summed E-state index contributed by atoms with van der Waals surface area (Å²) in [6.45, 7) is -2.92. The number of carbonyl (C=O) groups is 1. The molecule has 6 N–H and O–H groups in total. The van der Waals surface area contributed by atoms with Gasteiger partial charge in [-0.3, -0.25) is 4.79 Å². The van der Waals surface area contributed by atoms with Crippen molar-refractivity contribution in [3.05, 3.63) is 36.0 Å². The van der Waals surface area contributed by atoms with Crippen LogP contribution in [0.15, 0.2) is 41.0 Å². The second-order valence-electron chi connectivity index (χ2n) is 7.34. The van der Waals surface area contributed by atoms with Gasteiger partial charge in [0.1, 0.15) is 29.4 Å². The maximum absolute atomic E-state index is 12.2. The molecule has 1 aromatic carbocycles. The molecule has 1 aliphatic rings. The van der Waals surface area contributed by atoms with E-state index in [1.165, 1.54) is 30.5 Å². The van der Waals surface area contributed by atoms with Crippen LogP contribution in [0, 0.1) is 17.2 Å². The van der Waals surface area contributed by atoms with Gasteiger partial charge in [0.05, 0.1) is 17.7 Å². The highest BCUT2D eigenvalue weighted by atomic mass is 19.3. The topological polar surface area (TPSA) is 134 Å². The SMILES string of the molecule is CN(C)[C@H]1CC[C@H]([NH2+]/C=C(/C(N)=O)C(N)=Nc2ccc(OC(F)F)cc2)[C@@H](C#N)C1. The van der Waals surface area contributed by atoms with Crippen LogP contribution in [0.1, 0.15) is 19.3 Å². The number of hydrogen-bond acceptors (Lipinski definition) is 5. The molecule has 3 atom stereocenters. The van der Waals surface area contributed by atoms with E-state index < -0.39 is 12.5 Å². The molecule has 0 bridgehead atoms. The number of alkyl halides is 2. The molecule has 1 saturated carbocycles. The van der Waals surface area contributed by atoms with Gasteiger partial charge in [-0.15, -0.1) is 0 Å². The Balaban J connectivity index is 2.12. The fourth-order valence-corrected chi connectivity index (χ4v) is 3.43. The number of quaternary nitrogens is 1. The summed E-state index contributed by atoms with van der Waals surface area (Å²) in [5.74, 6) is -1.04. The number of benzene rings is 1. The van der Waals surface area contributed by atoms with Gasteiger partial charge < -0.3 is 26.4 Å². The van der Waals surface area contributed by atoms with E-state index in [0.717, 1.165) is 19.3 Å². The van der Waals surface area contributed by atoms with Gasteiger partial charge in [0.15, 0.2) is 0 Å². The van der Waals surface area contributed by atoms with Crippen LogP contribution in [0.3, 0.4) is 0 Å². The van der Waals surface area contributed by atoms with E-state index in [1.54, 1.807) is 5.32 Å². The zero-order valence-corrected chi connectivity index (χ0v) is 17.0. The van der Waals surface area contributed by atoms with Crippen molar-refractivity contribution in [2.24, 2.45) is 22.4 Å². The normalized spacial score (nSPS) is 22.8. The van der Waals surface area contributed by atoms with Crippen molar-refractivity contribution in [3.8, 4) is 11.8 Å². The molecule has 8 nitrogen and oxygen atoms in total. The monoisotopic (exact) mass is 421 g/mol. The molecule has 0 radical (unpaired) electrons. The number of amidine groups is 1. The lowest BCUT2D eigenvalue weighted by Crippen LogP contribution is -2.87. The molecule has 30 heavy (non-hydrogen) atoms. The van der Waals surface area contributed by atoms with E-state index in [4.69, 9.17) is 11.5 Å². The minimum atomic E-state index is -2.92. The van der Waals surface area contributed by atoms with Gasteiger partial charge >= 0.3 is 6.61 Å². The molecule has 10 heteroatoms. The van der Waals surface area contributed by atoms with Crippen LogP contribution in [0.25, 0.3) is 0 Å². The number of nitrogens with zero attached hydrogens (tertiary/aromatic N) is 3. The molecular weight excluding hydrogens is 394 g/mol. The lowest BCUT2D eigenvalue weighted by atomic mass is 9.82. The Labute approximate surface area is 174 Å². The highest BCUT2D eigenvalue weighted by Crippen LogP contribution is 2.25. The molecule has 1 aliphatic carbocycles. The van der Waals surface area contributed by atoms with Crippen molar-refractivity contribution in [3.63, 3.8) is 0 Å². The highest BCUT2D eigenvalue weighted by molar-refractivity contribution is 6.19. The van der Waals surface area contributed by atoms with Crippen LogP contribution in [0.2, 0.25) is 0 Å². The Kier molecular flexibility index (Phi) is 8.26. The summed E-state index contributed by atoms with van der Waals surface area (Å²) in [6.07, 6.45) is 4.02. The second-order valence-corrected chi connectivity index (χ2v) is 7.34. The number of halogens is 2. The zero-order chi connectivity index (χ0) is 22.3. The summed E-state index contributed by atoms with van der Waals surface area (Å²) < 4.78 is 28.7. The van der Waals surface area contributed by atoms with Crippen molar-refractivity contribution in [1.82, 2.24) is 4.90 Å². The fraction of sp³-hybridized carbons (Fsp3) is 0.450. The lowest BCUT2D eigenvalue weighted by Gasteiger charge is -2.33. The predicted molar refractivity (Wildman–Crippen MR) is 108 cm³/mol. The first-order valence-corrected chi connectivity index (χ1v) is 9.51. The summed E-state index contributed by atoms with van der Waals surface area (Å²) in [6, 6.07) is 8.18. The summed E-state index contributed by atoms with van der Waals surface area (Å²) in [7, 11) is 4.00. The van der Waals surface area contributed by atoms with E-state index >= 15 is 0 Å². The Bertz CT molecular complexity index is 833. The molecule has 0 heterocycles. The van der Waals surface area contributed by atoms with Crippen molar-refractivity contribution in [1.29, 1.82) is 5.26 Å². The van der Waals surface area contributed by atoms with Gasteiger partial charge in [-0.1, -0.05) is 0 Å². The predicted octanol–water partition coefficient (Wildman–Crippen LogP) is 0.832. The van der Waals surface area contributed by atoms with Crippen LogP contribution in [0.4, 0.5) is 14.5 Å². The van der Waals surface area contributed by atoms with Crippen LogP contribution >= 0.6 is 0 Å².